The number of aromatic nitrogens is 2. The van der Waals surface area contributed by atoms with Gasteiger partial charge in [0.25, 0.3) is 0 Å². The van der Waals surface area contributed by atoms with Crippen molar-refractivity contribution in [2.24, 2.45) is 5.92 Å². The number of ketones is 1. The van der Waals surface area contributed by atoms with Gasteiger partial charge < -0.3 is 9.47 Å². The van der Waals surface area contributed by atoms with Crippen molar-refractivity contribution in [3.63, 3.8) is 0 Å². The zero-order valence-corrected chi connectivity index (χ0v) is 23.2. The largest absolute Gasteiger partial charge is 0.496 e. The first-order valence-electron chi connectivity index (χ1n) is 13.9. The summed E-state index contributed by atoms with van der Waals surface area (Å²) in [4.78, 5) is 17.2. The van der Waals surface area contributed by atoms with Gasteiger partial charge in [0, 0.05) is 12.0 Å². The molecule has 1 fully saturated rings. The monoisotopic (exact) mass is 541 g/mol. The minimum atomic E-state index is -0.337. The highest BCUT2D eigenvalue weighted by molar-refractivity contribution is 5.96. The molecule has 0 radical (unpaired) electrons. The van der Waals surface area contributed by atoms with Gasteiger partial charge in [-0.2, -0.15) is 5.10 Å². The Balaban J connectivity index is 1.35. The molecule has 4 aromatic carbocycles. The van der Waals surface area contributed by atoms with Crippen LogP contribution in [0, 0.1) is 19.4 Å². The molecule has 1 aliphatic rings. The number of aryl methyl sites for hydroxylation is 1. The lowest BCUT2D eigenvalue weighted by atomic mass is 9.93. The second-order valence-electron chi connectivity index (χ2n) is 10.6. The Morgan fingerprint density at radius 1 is 1.02 bits per heavy atom. The van der Waals surface area contributed by atoms with Crippen molar-refractivity contribution in [2.45, 2.75) is 32.3 Å². The maximum absolute atomic E-state index is 13.7. The molecule has 6 nitrogen and oxygen atoms in total. The summed E-state index contributed by atoms with van der Waals surface area (Å²) in [5.41, 5.74) is 5.32. The van der Waals surface area contributed by atoms with E-state index >= 15 is 0 Å². The molecular formula is C35H31N3O3. The highest BCUT2D eigenvalue weighted by Gasteiger charge is 2.27. The molecule has 1 aliphatic carbocycles. The molecule has 41 heavy (non-hydrogen) atoms. The Kier molecular flexibility index (Phi) is 7.37. The Bertz CT molecular complexity index is 1780. The molecule has 1 atom stereocenters. The Hall–Kier alpha value is -4.73. The van der Waals surface area contributed by atoms with E-state index in [0.717, 1.165) is 38.9 Å². The molecule has 0 aliphatic heterocycles. The van der Waals surface area contributed by atoms with Gasteiger partial charge in [-0.1, -0.05) is 66.7 Å². The van der Waals surface area contributed by atoms with E-state index in [0.29, 0.717) is 29.6 Å². The van der Waals surface area contributed by atoms with E-state index in [9.17, 15) is 4.79 Å². The lowest BCUT2D eigenvalue weighted by Crippen LogP contribution is -2.13. The summed E-state index contributed by atoms with van der Waals surface area (Å²) in [5, 5.41) is 6.78. The van der Waals surface area contributed by atoms with Crippen molar-refractivity contribution in [2.75, 3.05) is 13.7 Å². The van der Waals surface area contributed by atoms with Crippen LogP contribution < -0.4 is 4.74 Å². The smallest absolute Gasteiger partial charge is 0.189 e. The predicted octanol–water partition coefficient (Wildman–Crippen LogP) is 7.83. The van der Waals surface area contributed by atoms with Crippen LogP contribution in [0.2, 0.25) is 0 Å². The molecule has 0 bridgehead atoms. The first-order valence-corrected chi connectivity index (χ1v) is 13.9. The lowest BCUT2D eigenvalue weighted by molar-refractivity contribution is 0.0710. The van der Waals surface area contributed by atoms with Crippen molar-refractivity contribution in [1.82, 2.24) is 9.78 Å². The van der Waals surface area contributed by atoms with Crippen LogP contribution in [-0.4, -0.2) is 29.3 Å². The summed E-state index contributed by atoms with van der Waals surface area (Å²) >= 11 is 0. The van der Waals surface area contributed by atoms with E-state index in [-0.39, 0.29) is 18.3 Å². The zero-order chi connectivity index (χ0) is 28.3. The molecule has 204 valence electrons. The number of nitrogens with zero attached hydrogens (tertiary/aromatic N) is 3. The molecular weight excluding hydrogens is 510 g/mol. The van der Waals surface area contributed by atoms with Gasteiger partial charge in [-0.25, -0.2) is 9.53 Å². The highest BCUT2D eigenvalue weighted by atomic mass is 16.5. The van der Waals surface area contributed by atoms with Crippen molar-refractivity contribution < 1.29 is 14.3 Å². The van der Waals surface area contributed by atoms with Crippen LogP contribution in [0.1, 0.15) is 51.8 Å². The minimum Gasteiger partial charge on any atom is -0.496 e. The van der Waals surface area contributed by atoms with E-state index in [1.807, 2.05) is 43.3 Å². The molecule has 0 spiro atoms. The number of Topliss-reactive ketones (excluding diaryl/α,β-unsaturated/α-hetero) is 1. The summed E-state index contributed by atoms with van der Waals surface area (Å²) < 4.78 is 14.1. The van der Waals surface area contributed by atoms with Crippen LogP contribution in [0.15, 0.2) is 91.0 Å². The summed E-state index contributed by atoms with van der Waals surface area (Å²) in [5.74, 6) is 1.33. The second kappa shape index (κ2) is 11.4. The van der Waals surface area contributed by atoms with E-state index in [4.69, 9.17) is 16.0 Å². The van der Waals surface area contributed by atoms with E-state index < -0.39 is 0 Å². The van der Waals surface area contributed by atoms with Crippen molar-refractivity contribution in [3.8, 4) is 11.4 Å². The standard InChI is InChI=1S/C35H31N3O3/c1-23-18-31(38(37-23)29-12-7-11-28(21-29)36-2)32(39)20-25-8-6-10-27(19-25)35(41-22-24-14-15-24)34-30-13-5-4-9-26(30)16-17-33(34)40-3/h4-13,16-19,21,24,35H,14-15,20,22H2,1,3H3. The van der Waals surface area contributed by atoms with Gasteiger partial charge in [-0.3, -0.25) is 4.79 Å². The zero-order valence-electron chi connectivity index (χ0n) is 23.2. The van der Waals surface area contributed by atoms with Crippen LogP contribution in [0.5, 0.6) is 5.75 Å². The molecule has 1 aromatic heterocycles. The maximum atomic E-state index is 13.7. The Labute approximate surface area is 240 Å². The molecule has 6 rings (SSSR count). The van der Waals surface area contributed by atoms with Gasteiger partial charge in [0.2, 0.25) is 0 Å². The van der Waals surface area contributed by atoms with Crippen LogP contribution in [0.3, 0.4) is 0 Å². The van der Waals surface area contributed by atoms with Gasteiger partial charge in [0.05, 0.1) is 31.7 Å². The number of rotatable bonds is 10. The second-order valence-corrected chi connectivity index (χ2v) is 10.6. The fourth-order valence-corrected chi connectivity index (χ4v) is 5.32. The molecule has 1 heterocycles. The number of hydrogen-bond acceptors (Lipinski definition) is 4. The van der Waals surface area contributed by atoms with Gasteiger partial charge >= 0.3 is 0 Å². The van der Waals surface area contributed by atoms with Crippen molar-refractivity contribution >= 4 is 22.2 Å². The first kappa shape index (κ1) is 26.5. The molecule has 1 saturated carbocycles. The quantitative estimate of drug-likeness (QED) is 0.134. The third-order valence-corrected chi connectivity index (χ3v) is 7.55. The fourth-order valence-electron chi connectivity index (χ4n) is 5.32. The minimum absolute atomic E-state index is 0.0471. The summed E-state index contributed by atoms with van der Waals surface area (Å²) in [6.45, 7) is 9.90. The van der Waals surface area contributed by atoms with E-state index in [2.05, 4.69) is 40.3 Å². The SMILES string of the molecule is [C-]#[N+]c1cccc(-n2nc(C)cc2C(=O)Cc2cccc(C(OCC3CC3)c3c(OC)ccc4ccccc34)c2)c1. The number of ether oxygens (including phenoxy) is 2. The van der Waals surface area contributed by atoms with Gasteiger partial charge in [-0.05, 0) is 71.8 Å². The molecule has 0 saturated heterocycles. The number of carbonyl (C=O) groups excluding carboxylic acids is 1. The molecule has 0 amide bonds. The van der Waals surface area contributed by atoms with Gasteiger partial charge in [-0.15, -0.1) is 0 Å². The van der Waals surface area contributed by atoms with E-state index in [1.54, 1.807) is 36.1 Å². The average molecular weight is 542 g/mol. The summed E-state index contributed by atoms with van der Waals surface area (Å²) in [6, 6.07) is 29.4. The molecule has 0 N–H and O–H groups in total. The van der Waals surface area contributed by atoms with Crippen LogP contribution in [0.4, 0.5) is 5.69 Å². The maximum Gasteiger partial charge on any atom is 0.189 e. The van der Waals surface area contributed by atoms with Crippen LogP contribution in [0.25, 0.3) is 21.3 Å². The molecule has 5 aromatic rings. The highest BCUT2D eigenvalue weighted by Crippen LogP contribution is 2.40. The van der Waals surface area contributed by atoms with E-state index in [1.165, 1.54) is 12.8 Å². The lowest BCUT2D eigenvalue weighted by Gasteiger charge is -2.23. The van der Waals surface area contributed by atoms with Crippen LogP contribution in [-0.2, 0) is 11.2 Å². The van der Waals surface area contributed by atoms with Crippen molar-refractivity contribution in [1.29, 1.82) is 0 Å². The van der Waals surface area contributed by atoms with Gasteiger partial charge in [0.15, 0.2) is 11.5 Å². The van der Waals surface area contributed by atoms with Crippen LogP contribution >= 0.6 is 0 Å². The summed E-state index contributed by atoms with van der Waals surface area (Å²) in [6.07, 6.45) is 2.26. The fraction of sp³-hybridized carbons (Fsp3) is 0.229. The van der Waals surface area contributed by atoms with Crippen molar-refractivity contribution in [3.05, 3.63) is 130 Å². The third-order valence-electron chi connectivity index (χ3n) is 7.55. The number of hydrogen-bond donors (Lipinski definition) is 0. The predicted molar refractivity (Wildman–Crippen MR) is 160 cm³/mol. The number of methoxy groups -OCH3 is 1. The number of fused-ring (bicyclic) bond motifs is 1. The summed E-state index contributed by atoms with van der Waals surface area (Å²) in [7, 11) is 1.69. The number of carbonyl (C=O) groups is 1. The topological polar surface area (TPSA) is 57.7 Å². The van der Waals surface area contributed by atoms with Gasteiger partial charge in [0.1, 0.15) is 17.5 Å². The normalized spacial score (nSPS) is 13.6. The average Bonchev–Trinajstić information content (AvgIpc) is 3.75. The Morgan fingerprint density at radius 3 is 2.66 bits per heavy atom. The first-order chi connectivity index (χ1) is 20.0. The Morgan fingerprint density at radius 2 is 1.85 bits per heavy atom. The third kappa shape index (κ3) is 5.63. The molecule has 6 heteroatoms. The number of benzene rings is 4. The molecule has 1 unspecified atom stereocenters.